The van der Waals surface area contributed by atoms with Gasteiger partial charge in [0, 0.05) is 48.3 Å². The van der Waals surface area contributed by atoms with E-state index in [0.717, 1.165) is 22.3 Å². The summed E-state index contributed by atoms with van der Waals surface area (Å²) in [6.07, 6.45) is 1.68. The van der Waals surface area contributed by atoms with Gasteiger partial charge in [0.25, 0.3) is 5.91 Å². The topological polar surface area (TPSA) is 143 Å². The van der Waals surface area contributed by atoms with Gasteiger partial charge >= 0.3 is 0 Å². The first-order valence-corrected chi connectivity index (χ1v) is 12.6. The van der Waals surface area contributed by atoms with E-state index in [1.807, 2.05) is 48.8 Å². The molecule has 3 aromatic carbocycles. The number of carbonyl (C=O) groups is 2. The summed E-state index contributed by atoms with van der Waals surface area (Å²) in [7, 11) is 3.87. The van der Waals surface area contributed by atoms with E-state index < -0.39 is 0 Å². The molecule has 11 nitrogen and oxygen atoms in total. The van der Waals surface area contributed by atoms with Crippen molar-refractivity contribution in [3.63, 3.8) is 0 Å². The second kappa shape index (κ2) is 11.1. The molecule has 40 heavy (non-hydrogen) atoms. The summed E-state index contributed by atoms with van der Waals surface area (Å²) in [6.45, 7) is 1.86. The minimum atomic E-state index is -0.374. The number of rotatable bonds is 8. The molecule has 0 saturated carbocycles. The zero-order chi connectivity index (χ0) is 28.2. The zero-order valence-corrected chi connectivity index (χ0v) is 22.3. The third kappa shape index (κ3) is 5.68. The molecule has 2 amide bonds. The number of aryl methyl sites for hydroxylation is 2. The predicted molar refractivity (Wildman–Crippen MR) is 157 cm³/mol. The third-order valence-electron chi connectivity index (χ3n) is 6.53. The van der Waals surface area contributed by atoms with Crippen LogP contribution in [0.2, 0.25) is 0 Å². The molecule has 5 aromatic rings. The molecule has 0 radical (unpaired) electrons. The van der Waals surface area contributed by atoms with Crippen molar-refractivity contribution >= 4 is 57.2 Å². The number of nitrogens with zero attached hydrogens (tertiary/aromatic N) is 5. The van der Waals surface area contributed by atoms with Crippen molar-refractivity contribution in [2.75, 3.05) is 34.9 Å². The Labute approximate surface area is 231 Å². The van der Waals surface area contributed by atoms with Crippen LogP contribution >= 0.6 is 0 Å². The van der Waals surface area contributed by atoms with Crippen LogP contribution in [0.5, 0.6) is 0 Å². The minimum Gasteiger partial charge on any atom is -0.397 e. The summed E-state index contributed by atoms with van der Waals surface area (Å²) in [5, 5.41) is 14.1. The SMILES string of the molecule is Cc1c2ccc(N(C)c3ccnc(Nc4ccc(C(=O)NCC(=O)Nc5ccccc5N)cc4)n3)cc2nn1C. The van der Waals surface area contributed by atoms with E-state index in [9.17, 15) is 9.59 Å². The lowest BCUT2D eigenvalue weighted by Gasteiger charge is -2.19. The van der Waals surface area contributed by atoms with Gasteiger partial charge in [-0.15, -0.1) is 0 Å². The maximum absolute atomic E-state index is 12.5. The van der Waals surface area contributed by atoms with E-state index in [2.05, 4.69) is 37.1 Å². The molecule has 5 N–H and O–H groups in total. The predicted octanol–water partition coefficient (Wildman–Crippen LogP) is 4.13. The number of hydrogen-bond donors (Lipinski definition) is 4. The Morgan fingerprint density at radius 1 is 1.02 bits per heavy atom. The van der Waals surface area contributed by atoms with Crippen LogP contribution in [0, 0.1) is 6.92 Å². The summed E-state index contributed by atoms with van der Waals surface area (Å²) in [5.74, 6) is 0.369. The van der Waals surface area contributed by atoms with E-state index in [0.29, 0.717) is 34.4 Å². The largest absolute Gasteiger partial charge is 0.397 e. The Morgan fingerprint density at radius 2 is 1.80 bits per heavy atom. The highest BCUT2D eigenvalue weighted by Crippen LogP contribution is 2.27. The van der Waals surface area contributed by atoms with Gasteiger partial charge in [0.1, 0.15) is 5.82 Å². The van der Waals surface area contributed by atoms with Gasteiger partial charge in [0.15, 0.2) is 0 Å². The number of nitrogens with two attached hydrogens (primary N) is 1. The number of amides is 2. The minimum absolute atomic E-state index is 0.186. The van der Waals surface area contributed by atoms with E-state index in [4.69, 9.17) is 5.73 Å². The van der Waals surface area contributed by atoms with Crippen molar-refractivity contribution in [1.29, 1.82) is 0 Å². The monoisotopic (exact) mass is 535 g/mol. The number of para-hydroxylation sites is 2. The van der Waals surface area contributed by atoms with Crippen LogP contribution in [-0.2, 0) is 11.8 Å². The van der Waals surface area contributed by atoms with Crippen LogP contribution < -0.4 is 26.6 Å². The summed E-state index contributed by atoms with van der Waals surface area (Å²) in [4.78, 5) is 35.6. The van der Waals surface area contributed by atoms with Gasteiger partial charge in [-0.2, -0.15) is 10.1 Å². The number of nitrogens with one attached hydrogen (secondary N) is 3. The molecule has 0 aliphatic carbocycles. The highest BCUT2D eigenvalue weighted by Gasteiger charge is 2.12. The molecule has 2 heterocycles. The molecule has 0 aliphatic rings. The van der Waals surface area contributed by atoms with E-state index >= 15 is 0 Å². The number of benzene rings is 3. The van der Waals surface area contributed by atoms with E-state index in [1.54, 1.807) is 54.7 Å². The molecule has 11 heteroatoms. The number of aromatic nitrogens is 4. The molecule has 0 saturated heterocycles. The van der Waals surface area contributed by atoms with Gasteiger partial charge in [-0.1, -0.05) is 12.1 Å². The van der Waals surface area contributed by atoms with Crippen LogP contribution in [-0.4, -0.2) is 45.2 Å². The molecule has 202 valence electrons. The molecule has 5 rings (SSSR count). The molecular weight excluding hydrogens is 506 g/mol. The number of anilines is 6. The lowest BCUT2D eigenvalue weighted by atomic mass is 10.2. The highest BCUT2D eigenvalue weighted by atomic mass is 16.2. The van der Waals surface area contributed by atoms with Crippen LogP contribution in [0.3, 0.4) is 0 Å². The molecule has 0 spiro atoms. The summed E-state index contributed by atoms with van der Waals surface area (Å²) in [5.41, 5.74) is 10.9. The molecular formula is C29H29N9O2. The van der Waals surface area contributed by atoms with Gasteiger partial charge < -0.3 is 26.6 Å². The van der Waals surface area contributed by atoms with E-state index in [1.165, 1.54) is 0 Å². The highest BCUT2D eigenvalue weighted by molar-refractivity contribution is 6.00. The maximum Gasteiger partial charge on any atom is 0.251 e. The average Bonchev–Trinajstić information content (AvgIpc) is 3.25. The lowest BCUT2D eigenvalue weighted by Crippen LogP contribution is -2.33. The molecule has 0 unspecified atom stereocenters. The lowest BCUT2D eigenvalue weighted by molar-refractivity contribution is -0.115. The van der Waals surface area contributed by atoms with Crippen molar-refractivity contribution < 1.29 is 9.59 Å². The standard InChI is InChI=1S/C29H29N9O2/c1-18-22-13-12-21(16-25(22)36-38(18)3)37(2)26-14-15-31-29(35-26)33-20-10-8-19(9-11-20)28(40)32-17-27(39)34-24-7-5-4-6-23(24)30/h4-16H,17,30H2,1-3H3,(H,32,40)(H,34,39)(H,31,33,35). The van der Waals surface area contributed by atoms with Crippen LogP contribution in [0.1, 0.15) is 16.1 Å². The average molecular weight is 536 g/mol. The fourth-order valence-electron chi connectivity index (χ4n) is 4.16. The zero-order valence-electron chi connectivity index (χ0n) is 22.3. The number of hydrogen-bond acceptors (Lipinski definition) is 8. The van der Waals surface area contributed by atoms with Crippen LogP contribution in [0.25, 0.3) is 10.9 Å². The first-order chi connectivity index (χ1) is 19.3. The summed E-state index contributed by atoms with van der Waals surface area (Å²) in [6, 6.07) is 21.7. The third-order valence-corrected chi connectivity index (χ3v) is 6.53. The fraction of sp³-hybridized carbons (Fsp3) is 0.138. The molecule has 0 fully saturated rings. The van der Waals surface area contributed by atoms with Gasteiger partial charge in [-0.3, -0.25) is 14.3 Å². The normalized spacial score (nSPS) is 10.8. The Morgan fingerprint density at radius 3 is 2.58 bits per heavy atom. The number of carbonyl (C=O) groups excluding carboxylic acids is 2. The molecule has 2 aromatic heterocycles. The molecule has 0 bridgehead atoms. The molecule has 0 aliphatic heterocycles. The second-order valence-electron chi connectivity index (χ2n) is 9.23. The smallest absolute Gasteiger partial charge is 0.251 e. The first kappa shape index (κ1) is 26.2. The van der Waals surface area contributed by atoms with Crippen molar-refractivity contribution in [1.82, 2.24) is 25.1 Å². The fourth-order valence-corrected chi connectivity index (χ4v) is 4.16. The van der Waals surface area contributed by atoms with E-state index in [-0.39, 0.29) is 18.4 Å². The second-order valence-corrected chi connectivity index (χ2v) is 9.23. The van der Waals surface area contributed by atoms with Gasteiger partial charge in [-0.05, 0) is 67.6 Å². The van der Waals surface area contributed by atoms with Gasteiger partial charge in [0.2, 0.25) is 11.9 Å². The summed E-state index contributed by atoms with van der Waals surface area (Å²) >= 11 is 0. The maximum atomic E-state index is 12.5. The van der Waals surface area contributed by atoms with Crippen molar-refractivity contribution in [2.45, 2.75) is 6.92 Å². The quantitative estimate of drug-likeness (QED) is 0.217. The Bertz CT molecular complexity index is 1700. The van der Waals surface area contributed by atoms with Crippen molar-refractivity contribution in [2.24, 2.45) is 7.05 Å². The Hall–Kier alpha value is -5.45. The number of fused-ring (bicyclic) bond motifs is 1. The van der Waals surface area contributed by atoms with Crippen LogP contribution in [0.4, 0.5) is 34.5 Å². The van der Waals surface area contributed by atoms with Gasteiger partial charge in [-0.25, -0.2) is 4.98 Å². The number of nitrogen functional groups attached to an aromatic ring is 1. The van der Waals surface area contributed by atoms with Crippen molar-refractivity contribution in [3.05, 3.63) is 90.3 Å². The Kier molecular flexibility index (Phi) is 7.27. The summed E-state index contributed by atoms with van der Waals surface area (Å²) < 4.78 is 1.87. The van der Waals surface area contributed by atoms with Crippen molar-refractivity contribution in [3.8, 4) is 0 Å². The first-order valence-electron chi connectivity index (χ1n) is 12.6. The van der Waals surface area contributed by atoms with Crippen LogP contribution in [0.15, 0.2) is 79.0 Å². The van der Waals surface area contributed by atoms with Gasteiger partial charge in [0.05, 0.1) is 23.4 Å². The Balaban J connectivity index is 1.20. The molecule has 0 atom stereocenters.